The number of hydrogen-bond donors (Lipinski definition) is 2. The largest absolute Gasteiger partial charge is 0.480 e. The lowest BCUT2D eigenvalue weighted by atomic mass is 9.77. The zero-order valence-corrected chi connectivity index (χ0v) is 9.52. The van der Waals surface area contributed by atoms with Crippen molar-refractivity contribution in [3.05, 3.63) is 10.4 Å². The monoisotopic (exact) mass is 226 g/mol. The Hall–Kier alpha value is -1.26. The minimum absolute atomic E-state index is 0.293. The van der Waals surface area contributed by atoms with Crippen LogP contribution in [0.1, 0.15) is 32.6 Å². The number of rotatable bonds is 5. The predicted molar refractivity (Wildman–Crippen MR) is 60.0 cm³/mol. The first-order valence-corrected chi connectivity index (χ1v) is 5.60. The van der Waals surface area contributed by atoms with Gasteiger partial charge in [-0.05, 0) is 37.1 Å². The van der Waals surface area contributed by atoms with Gasteiger partial charge in [0, 0.05) is 18.0 Å². The van der Waals surface area contributed by atoms with E-state index in [9.17, 15) is 9.90 Å². The number of nitrogens with one attached hydrogen (secondary N) is 1. The van der Waals surface area contributed by atoms with Gasteiger partial charge >= 0.3 is 5.97 Å². The number of carboxylic acid groups (broad SMARTS) is 1. The number of carboxylic acids is 1. The lowest BCUT2D eigenvalue weighted by molar-refractivity contribution is -0.146. The minimum atomic E-state index is -0.808. The van der Waals surface area contributed by atoms with Gasteiger partial charge in [-0.15, -0.1) is 0 Å². The van der Waals surface area contributed by atoms with Gasteiger partial charge in [-0.2, -0.15) is 0 Å². The van der Waals surface area contributed by atoms with Crippen LogP contribution in [0.15, 0.2) is 5.11 Å². The molecule has 0 heterocycles. The second-order valence-corrected chi connectivity index (χ2v) is 4.45. The Labute approximate surface area is 94.7 Å². The molecule has 0 spiro atoms. The van der Waals surface area contributed by atoms with Crippen LogP contribution in [0.5, 0.6) is 0 Å². The van der Waals surface area contributed by atoms with E-state index in [1.807, 2.05) is 0 Å². The van der Waals surface area contributed by atoms with Crippen molar-refractivity contribution in [3.8, 4) is 0 Å². The first-order chi connectivity index (χ1) is 7.60. The molecular weight excluding hydrogens is 208 g/mol. The van der Waals surface area contributed by atoms with E-state index in [1.165, 1.54) is 0 Å². The van der Waals surface area contributed by atoms with E-state index in [1.54, 1.807) is 0 Å². The average Bonchev–Trinajstić information content (AvgIpc) is 2.27. The molecule has 6 heteroatoms. The second-order valence-electron chi connectivity index (χ2n) is 4.45. The van der Waals surface area contributed by atoms with Crippen LogP contribution in [0.2, 0.25) is 0 Å². The van der Waals surface area contributed by atoms with Gasteiger partial charge in [-0.3, -0.25) is 4.79 Å². The maximum atomic E-state index is 11.3. The van der Waals surface area contributed by atoms with E-state index < -0.39 is 11.5 Å². The highest BCUT2D eigenvalue weighted by atomic mass is 16.4. The molecule has 1 fully saturated rings. The van der Waals surface area contributed by atoms with Crippen molar-refractivity contribution in [2.45, 2.75) is 38.1 Å². The van der Waals surface area contributed by atoms with Crippen LogP contribution >= 0.6 is 0 Å². The third-order valence-corrected chi connectivity index (χ3v) is 3.28. The highest BCUT2D eigenvalue weighted by Gasteiger charge is 2.40. The van der Waals surface area contributed by atoms with Crippen LogP contribution in [0, 0.1) is 5.92 Å². The van der Waals surface area contributed by atoms with Gasteiger partial charge < -0.3 is 10.4 Å². The summed E-state index contributed by atoms with van der Waals surface area (Å²) in [6.45, 7) is 2.86. The molecule has 90 valence electrons. The Bertz CT molecular complexity index is 291. The molecule has 0 aliphatic heterocycles. The van der Waals surface area contributed by atoms with Gasteiger partial charge in [0.15, 0.2) is 0 Å². The number of nitrogens with zero attached hydrogens (tertiary/aromatic N) is 3. The fraction of sp³-hybridized carbons (Fsp3) is 0.900. The number of aliphatic carboxylic acids is 1. The Morgan fingerprint density at radius 3 is 2.75 bits per heavy atom. The summed E-state index contributed by atoms with van der Waals surface area (Å²) in [5.41, 5.74) is 7.32. The molecule has 0 saturated heterocycles. The van der Waals surface area contributed by atoms with Crippen LogP contribution in [0.3, 0.4) is 0 Å². The molecule has 0 radical (unpaired) electrons. The van der Waals surface area contributed by atoms with Crippen LogP contribution < -0.4 is 5.32 Å². The van der Waals surface area contributed by atoms with Crippen molar-refractivity contribution < 1.29 is 9.90 Å². The molecule has 0 unspecified atom stereocenters. The second kappa shape index (κ2) is 5.72. The first kappa shape index (κ1) is 12.8. The summed E-state index contributed by atoms with van der Waals surface area (Å²) in [5.74, 6) is -0.188. The average molecular weight is 226 g/mol. The third kappa shape index (κ3) is 3.12. The van der Waals surface area contributed by atoms with Gasteiger partial charge in [0.25, 0.3) is 0 Å². The van der Waals surface area contributed by atoms with Gasteiger partial charge in [-0.1, -0.05) is 12.0 Å². The lowest BCUT2D eigenvalue weighted by Gasteiger charge is -2.36. The fourth-order valence-corrected chi connectivity index (χ4v) is 2.11. The van der Waals surface area contributed by atoms with Crippen molar-refractivity contribution in [2.75, 3.05) is 13.1 Å². The molecule has 0 amide bonds. The van der Waals surface area contributed by atoms with E-state index >= 15 is 0 Å². The van der Waals surface area contributed by atoms with Gasteiger partial charge in [0.2, 0.25) is 0 Å². The maximum absolute atomic E-state index is 11.3. The van der Waals surface area contributed by atoms with Gasteiger partial charge in [-0.25, -0.2) is 0 Å². The molecule has 0 bridgehead atoms. The third-order valence-electron chi connectivity index (χ3n) is 3.28. The van der Waals surface area contributed by atoms with Crippen LogP contribution in [0.25, 0.3) is 10.4 Å². The first-order valence-electron chi connectivity index (χ1n) is 5.60. The van der Waals surface area contributed by atoms with Crippen molar-refractivity contribution >= 4 is 5.97 Å². The van der Waals surface area contributed by atoms with Crippen LogP contribution in [0.4, 0.5) is 0 Å². The smallest absolute Gasteiger partial charge is 0.323 e. The number of azide groups is 1. The molecule has 6 nitrogen and oxygen atoms in total. The van der Waals surface area contributed by atoms with Gasteiger partial charge in [0.1, 0.15) is 5.54 Å². The van der Waals surface area contributed by atoms with E-state index in [-0.39, 0.29) is 0 Å². The zero-order chi connectivity index (χ0) is 12.0. The Kier molecular flexibility index (Phi) is 4.58. The lowest BCUT2D eigenvalue weighted by Crippen LogP contribution is -2.54. The standard InChI is InChI=1S/C10H18N4O2/c1-8-2-4-10(5-3-8,9(15)16)12-6-7-13-14-11/h8,12H,2-7H2,1H3,(H,15,16). The topological polar surface area (TPSA) is 98.1 Å². The molecule has 1 aliphatic carbocycles. The van der Waals surface area contributed by atoms with Crippen molar-refractivity contribution in [2.24, 2.45) is 11.0 Å². The molecule has 1 aliphatic rings. The summed E-state index contributed by atoms with van der Waals surface area (Å²) < 4.78 is 0. The van der Waals surface area contributed by atoms with Crippen molar-refractivity contribution in [3.63, 3.8) is 0 Å². The van der Waals surface area contributed by atoms with Crippen molar-refractivity contribution in [1.29, 1.82) is 0 Å². The Balaban J connectivity index is 2.52. The van der Waals surface area contributed by atoms with E-state index in [0.717, 1.165) is 12.8 Å². The molecule has 16 heavy (non-hydrogen) atoms. The van der Waals surface area contributed by atoms with Crippen LogP contribution in [-0.4, -0.2) is 29.7 Å². The quantitative estimate of drug-likeness (QED) is 0.324. The molecule has 0 aromatic rings. The number of carbonyl (C=O) groups is 1. The predicted octanol–water partition coefficient (Wildman–Crippen LogP) is 1.92. The summed E-state index contributed by atoms with van der Waals surface area (Å²) in [4.78, 5) is 13.9. The van der Waals surface area contributed by atoms with E-state index in [2.05, 4.69) is 22.3 Å². The SMILES string of the molecule is CC1CCC(NCCN=[N+]=[N-])(C(=O)O)CC1. The maximum Gasteiger partial charge on any atom is 0.323 e. The Morgan fingerprint density at radius 1 is 1.62 bits per heavy atom. The zero-order valence-electron chi connectivity index (χ0n) is 9.52. The molecule has 0 aromatic carbocycles. The summed E-state index contributed by atoms with van der Waals surface area (Å²) in [5, 5.41) is 15.7. The van der Waals surface area contributed by atoms with Gasteiger partial charge in [0.05, 0.1) is 0 Å². The normalized spacial score (nSPS) is 29.4. The highest BCUT2D eigenvalue weighted by molar-refractivity contribution is 5.78. The molecule has 0 atom stereocenters. The summed E-state index contributed by atoms with van der Waals surface area (Å²) >= 11 is 0. The molecular formula is C10H18N4O2. The van der Waals surface area contributed by atoms with E-state index in [0.29, 0.717) is 31.8 Å². The molecule has 2 N–H and O–H groups in total. The van der Waals surface area contributed by atoms with Crippen LogP contribution in [-0.2, 0) is 4.79 Å². The molecule has 0 aromatic heterocycles. The highest BCUT2D eigenvalue weighted by Crippen LogP contribution is 2.31. The van der Waals surface area contributed by atoms with Crippen molar-refractivity contribution in [1.82, 2.24) is 5.32 Å². The summed E-state index contributed by atoms with van der Waals surface area (Å²) in [6, 6.07) is 0. The minimum Gasteiger partial charge on any atom is -0.480 e. The Morgan fingerprint density at radius 2 is 2.25 bits per heavy atom. The number of hydrogen-bond acceptors (Lipinski definition) is 3. The molecule has 1 rings (SSSR count). The summed E-state index contributed by atoms with van der Waals surface area (Å²) in [6.07, 6.45) is 3.17. The molecule has 1 saturated carbocycles. The van der Waals surface area contributed by atoms with E-state index in [4.69, 9.17) is 5.53 Å². The fourth-order valence-electron chi connectivity index (χ4n) is 2.11. The summed E-state index contributed by atoms with van der Waals surface area (Å²) in [7, 11) is 0.